The van der Waals surface area contributed by atoms with E-state index in [0.29, 0.717) is 18.7 Å². The van der Waals surface area contributed by atoms with Gasteiger partial charge in [-0.25, -0.2) is 4.98 Å². The Balaban J connectivity index is 1.29. The molecule has 0 unspecified atom stereocenters. The van der Waals surface area contributed by atoms with Gasteiger partial charge in [0.05, 0.1) is 6.61 Å². The predicted octanol–water partition coefficient (Wildman–Crippen LogP) is 4.00. The topological polar surface area (TPSA) is 61.8 Å². The molecule has 2 fully saturated rings. The van der Waals surface area contributed by atoms with E-state index in [1.807, 2.05) is 41.4 Å². The summed E-state index contributed by atoms with van der Waals surface area (Å²) >= 11 is 0. The maximum atomic E-state index is 12.9. The second kappa shape index (κ2) is 11.2. The number of anilines is 2. The third kappa shape index (κ3) is 5.69. The predicted molar refractivity (Wildman–Crippen MR) is 128 cm³/mol. The van der Waals surface area contributed by atoms with Crippen molar-refractivity contribution in [2.75, 3.05) is 55.7 Å². The van der Waals surface area contributed by atoms with Gasteiger partial charge in [0, 0.05) is 51.0 Å². The van der Waals surface area contributed by atoms with Crippen molar-refractivity contribution in [3.63, 3.8) is 0 Å². The summed E-state index contributed by atoms with van der Waals surface area (Å²) in [7, 11) is 0. The molecule has 32 heavy (non-hydrogen) atoms. The first-order valence-electron chi connectivity index (χ1n) is 12.1. The van der Waals surface area contributed by atoms with Crippen LogP contribution in [-0.2, 0) is 0 Å². The molecule has 1 aromatic heterocycles. The highest BCUT2D eigenvalue weighted by atomic mass is 16.5. The van der Waals surface area contributed by atoms with Gasteiger partial charge in [-0.3, -0.25) is 4.79 Å². The molecular formula is C25H35N5O2. The maximum Gasteiger partial charge on any atom is 0.253 e. The molecule has 0 radical (unpaired) electrons. The number of ether oxygens (including phenoxy) is 1. The molecule has 0 N–H and O–H groups in total. The standard InChI is InChI=1S/C25H35N5O2/c1-2-3-7-20-32-22-10-8-21(9-11-22)24(31)29-18-16-28(17-19-29)23-12-13-26-25(27-23)30-14-5-4-6-15-30/h8-13H,2-7,14-20H2,1H3. The Bertz CT molecular complexity index is 859. The van der Waals surface area contributed by atoms with E-state index in [0.717, 1.165) is 56.7 Å². The van der Waals surface area contributed by atoms with Gasteiger partial charge >= 0.3 is 0 Å². The number of rotatable bonds is 8. The van der Waals surface area contributed by atoms with E-state index < -0.39 is 0 Å². The lowest BCUT2D eigenvalue weighted by Crippen LogP contribution is -2.49. The third-order valence-electron chi connectivity index (χ3n) is 6.28. The van der Waals surface area contributed by atoms with Gasteiger partial charge in [-0.2, -0.15) is 4.98 Å². The lowest BCUT2D eigenvalue weighted by Gasteiger charge is -2.36. The fraction of sp³-hybridized carbons (Fsp3) is 0.560. The molecule has 0 aliphatic carbocycles. The zero-order valence-electron chi connectivity index (χ0n) is 19.2. The Hall–Kier alpha value is -2.83. The van der Waals surface area contributed by atoms with E-state index in [1.165, 1.54) is 32.1 Å². The Labute approximate surface area is 191 Å². The van der Waals surface area contributed by atoms with Crippen LogP contribution in [0.4, 0.5) is 11.8 Å². The number of hydrogen-bond acceptors (Lipinski definition) is 6. The van der Waals surface area contributed by atoms with Crippen molar-refractivity contribution in [2.24, 2.45) is 0 Å². The first kappa shape index (κ1) is 22.4. The average molecular weight is 438 g/mol. The van der Waals surface area contributed by atoms with Gasteiger partial charge in [-0.05, 0) is 56.0 Å². The highest BCUT2D eigenvalue weighted by Crippen LogP contribution is 2.21. The average Bonchev–Trinajstić information content (AvgIpc) is 2.87. The largest absolute Gasteiger partial charge is 0.494 e. The van der Waals surface area contributed by atoms with Gasteiger partial charge in [-0.15, -0.1) is 0 Å². The molecule has 2 aliphatic heterocycles. The van der Waals surface area contributed by atoms with Crippen molar-refractivity contribution in [3.05, 3.63) is 42.1 Å². The van der Waals surface area contributed by atoms with Crippen LogP contribution in [-0.4, -0.2) is 66.7 Å². The first-order valence-corrected chi connectivity index (χ1v) is 12.1. The molecule has 0 bridgehead atoms. The van der Waals surface area contributed by atoms with Crippen LogP contribution in [0.1, 0.15) is 55.8 Å². The Morgan fingerprint density at radius 3 is 2.38 bits per heavy atom. The highest BCUT2D eigenvalue weighted by molar-refractivity contribution is 5.94. The van der Waals surface area contributed by atoms with Crippen molar-refractivity contribution >= 4 is 17.7 Å². The summed E-state index contributed by atoms with van der Waals surface area (Å²) in [6.07, 6.45) is 8.99. The summed E-state index contributed by atoms with van der Waals surface area (Å²) < 4.78 is 5.76. The second-order valence-corrected chi connectivity index (χ2v) is 8.62. The minimum Gasteiger partial charge on any atom is -0.494 e. The van der Waals surface area contributed by atoms with Crippen molar-refractivity contribution in [2.45, 2.75) is 45.4 Å². The van der Waals surface area contributed by atoms with E-state index in [4.69, 9.17) is 9.72 Å². The van der Waals surface area contributed by atoms with E-state index in [2.05, 4.69) is 21.7 Å². The summed E-state index contributed by atoms with van der Waals surface area (Å²) in [6.45, 7) is 7.92. The van der Waals surface area contributed by atoms with Crippen LogP contribution < -0.4 is 14.5 Å². The summed E-state index contributed by atoms with van der Waals surface area (Å²) in [5.74, 6) is 2.70. The summed E-state index contributed by atoms with van der Waals surface area (Å²) in [5.41, 5.74) is 0.716. The van der Waals surface area contributed by atoms with E-state index in [-0.39, 0.29) is 5.91 Å². The third-order valence-corrected chi connectivity index (χ3v) is 6.28. The molecule has 0 atom stereocenters. The number of piperazine rings is 1. The lowest BCUT2D eigenvalue weighted by atomic mass is 10.1. The minimum absolute atomic E-state index is 0.0823. The van der Waals surface area contributed by atoms with Gasteiger partial charge in [0.15, 0.2) is 0 Å². The fourth-order valence-electron chi connectivity index (χ4n) is 4.32. The molecule has 1 amide bonds. The molecule has 2 aromatic rings. The Morgan fingerprint density at radius 1 is 0.906 bits per heavy atom. The van der Waals surface area contributed by atoms with Crippen LogP contribution in [0.15, 0.2) is 36.5 Å². The van der Waals surface area contributed by atoms with Crippen LogP contribution in [0.25, 0.3) is 0 Å². The van der Waals surface area contributed by atoms with Gasteiger partial charge in [0.2, 0.25) is 5.95 Å². The van der Waals surface area contributed by atoms with Gasteiger partial charge < -0.3 is 19.4 Å². The van der Waals surface area contributed by atoms with Crippen molar-refractivity contribution in [1.82, 2.24) is 14.9 Å². The lowest BCUT2D eigenvalue weighted by molar-refractivity contribution is 0.0746. The Kier molecular flexibility index (Phi) is 7.80. The number of nitrogens with zero attached hydrogens (tertiary/aromatic N) is 5. The number of unbranched alkanes of at least 4 members (excludes halogenated alkanes) is 2. The van der Waals surface area contributed by atoms with Crippen molar-refractivity contribution in [3.8, 4) is 5.75 Å². The van der Waals surface area contributed by atoms with Gasteiger partial charge in [0.25, 0.3) is 5.91 Å². The molecule has 172 valence electrons. The SMILES string of the molecule is CCCCCOc1ccc(C(=O)N2CCN(c3ccnc(N4CCCCC4)n3)CC2)cc1. The molecular weight excluding hydrogens is 402 g/mol. The number of carbonyl (C=O) groups excluding carboxylic acids is 1. The van der Waals surface area contributed by atoms with Crippen molar-refractivity contribution in [1.29, 1.82) is 0 Å². The van der Waals surface area contributed by atoms with Crippen LogP contribution in [0.3, 0.4) is 0 Å². The van der Waals surface area contributed by atoms with Crippen LogP contribution >= 0.6 is 0 Å². The molecule has 7 heteroatoms. The van der Waals surface area contributed by atoms with Gasteiger partial charge in [-0.1, -0.05) is 19.8 Å². The number of piperidine rings is 1. The first-order chi connectivity index (χ1) is 15.7. The molecule has 3 heterocycles. The van der Waals surface area contributed by atoms with E-state index in [9.17, 15) is 4.79 Å². The molecule has 2 aliphatic rings. The minimum atomic E-state index is 0.0823. The van der Waals surface area contributed by atoms with Crippen molar-refractivity contribution < 1.29 is 9.53 Å². The quantitative estimate of drug-likeness (QED) is 0.582. The Morgan fingerprint density at radius 2 is 1.66 bits per heavy atom. The van der Waals surface area contributed by atoms with Gasteiger partial charge in [0.1, 0.15) is 11.6 Å². The van der Waals surface area contributed by atoms with Crippen LogP contribution in [0, 0.1) is 0 Å². The number of carbonyl (C=O) groups is 1. The molecule has 2 saturated heterocycles. The number of aromatic nitrogens is 2. The summed E-state index contributed by atoms with van der Waals surface area (Å²) in [6, 6.07) is 9.53. The normalized spacial score (nSPS) is 16.8. The second-order valence-electron chi connectivity index (χ2n) is 8.62. The zero-order chi connectivity index (χ0) is 22.2. The molecule has 0 saturated carbocycles. The summed E-state index contributed by atoms with van der Waals surface area (Å²) in [5, 5.41) is 0. The number of hydrogen-bond donors (Lipinski definition) is 0. The smallest absolute Gasteiger partial charge is 0.253 e. The summed E-state index contributed by atoms with van der Waals surface area (Å²) in [4.78, 5) is 28.7. The fourth-order valence-corrected chi connectivity index (χ4v) is 4.32. The highest BCUT2D eigenvalue weighted by Gasteiger charge is 2.24. The zero-order valence-corrected chi connectivity index (χ0v) is 19.2. The monoisotopic (exact) mass is 437 g/mol. The molecule has 1 aromatic carbocycles. The number of amides is 1. The number of benzene rings is 1. The van der Waals surface area contributed by atoms with E-state index >= 15 is 0 Å². The molecule has 4 rings (SSSR count). The maximum absolute atomic E-state index is 12.9. The molecule has 7 nitrogen and oxygen atoms in total. The van der Waals surface area contributed by atoms with Crippen LogP contribution in [0.5, 0.6) is 5.75 Å². The molecule has 0 spiro atoms. The van der Waals surface area contributed by atoms with E-state index in [1.54, 1.807) is 0 Å². The van der Waals surface area contributed by atoms with Crippen LogP contribution in [0.2, 0.25) is 0 Å².